The first-order valence-electron chi connectivity index (χ1n) is 6.19. The van der Waals surface area contributed by atoms with Crippen LogP contribution in [0.1, 0.15) is 26.3 Å². The Balaban J connectivity index is 2.57. The number of rotatable bonds is 6. The van der Waals surface area contributed by atoms with Crippen molar-refractivity contribution in [1.82, 2.24) is 5.32 Å². The molecule has 0 saturated carbocycles. The van der Waals surface area contributed by atoms with E-state index in [0.29, 0.717) is 6.04 Å². The Morgan fingerprint density at radius 2 is 1.94 bits per heavy atom. The molecule has 0 aromatic heterocycles. The summed E-state index contributed by atoms with van der Waals surface area (Å²) in [6, 6.07) is 9.15. The van der Waals surface area contributed by atoms with Crippen molar-refractivity contribution in [2.45, 2.75) is 33.7 Å². The van der Waals surface area contributed by atoms with E-state index in [-0.39, 0.29) is 0 Å². The zero-order chi connectivity index (χ0) is 12.0. The lowest BCUT2D eigenvalue weighted by Crippen LogP contribution is -2.35. The average Bonchev–Trinajstić information content (AvgIpc) is 2.25. The highest BCUT2D eigenvalue weighted by molar-refractivity contribution is 5.52. The van der Waals surface area contributed by atoms with Crippen molar-refractivity contribution in [2.24, 2.45) is 0 Å². The molecule has 2 heteroatoms. The Labute approximate surface area is 99.7 Å². The average molecular weight is 220 g/mol. The Kier molecular flexibility index (Phi) is 5.33. The van der Waals surface area contributed by atoms with Gasteiger partial charge in [-0.2, -0.15) is 0 Å². The molecule has 16 heavy (non-hydrogen) atoms. The number of nitrogens with one attached hydrogen (secondary N) is 1. The van der Waals surface area contributed by atoms with E-state index in [4.69, 9.17) is 0 Å². The van der Waals surface area contributed by atoms with Crippen LogP contribution < -0.4 is 10.2 Å². The third kappa shape index (κ3) is 3.86. The third-order valence-electron chi connectivity index (χ3n) is 2.77. The first-order chi connectivity index (χ1) is 7.65. The minimum absolute atomic E-state index is 0.565. The van der Waals surface area contributed by atoms with Crippen molar-refractivity contribution in [1.29, 1.82) is 0 Å². The SMILES string of the molecule is CCN(CCNC(C)C)c1ccccc1C. The molecule has 0 fully saturated rings. The molecule has 0 amide bonds. The summed E-state index contributed by atoms with van der Waals surface area (Å²) in [6.45, 7) is 11.9. The zero-order valence-electron chi connectivity index (χ0n) is 11.0. The van der Waals surface area contributed by atoms with E-state index < -0.39 is 0 Å². The summed E-state index contributed by atoms with van der Waals surface area (Å²) in [6.07, 6.45) is 0. The molecule has 0 atom stereocenters. The molecule has 1 N–H and O–H groups in total. The van der Waals surface area contributed by atoms with Gasteiger partial charge in [-0.25, -0.2) is 0 Å². The predicted molar refractivity (Wildman–Crippen MR) is 72.2 cm³/mol. The summed E-state index contributed by atoms with van der Waals surface area (Å²) in [5, 5.41) is 3.46. The van der Waals surface area contributed by atoms with Crippen LogP contribution >= 0.6 is 0 Å². The van der Waals surface area contributed by atoms with Crippen molar-refractivity contribution < 1.29 is 0 Å². The summed E-state index contributed by atoms with van der Waals surface area (Å²) in [5.74, 6) is 0. The molecule has 1 aromatic rings. The highest BCUT2D eigenvalue weighted by atomic mass is 15.1. The van der Waals surface area contributed by atoms with Crippen LogP contribution in [0.2, 0.25) is 0 Å². The Morgan fingerprint density at radius 1 is 1.25 bits per heavy atom. The highest BCUT2D eigenvalue weighted by Gasteiger charge is 2.06. The van der Waals surface area contributed by atoms with Gasteiger partial charge in [0.15, 0.2) is 0 Å². The first-order valence-corrected chi connectivity index (χ1v) is 6.19. The van der Waals surface area contributed by atoms with Gasteiger partial charge in [-0.05, 0) is 25.5 Å². The largest absolute Gasteiger partial charge is 0.370 e. The van der Waals surface area contributed by atoms with Crippen LogP contribution in [0.3, 0.4) is 0 Å². The van der Waals surface area contributed by atoms with Crippen LogP contribution in [0.25, 0.3) is 0 Å². The zero-order valence-corrected chi connectivity index (χ0v) is 11.0. The van der Waals surface area contributed by atoms with Crippen molar-refractivity contribution in [2.75, 3.05) is 24.5 Å². The molecule has 0 saturated heterocycles. The Bertz CT molecular complexity index is 307. The van der Waals surface area contributed by atoms with Crippen LogP contribution in [0.15, 0.2) is 24.3 Å². The number of para-hydroxylation sites is 1. The van der Waals surface area contributed by atoms with Gasteiger partial charge in [-0.3, -0.25) is 0 Å². The molecule has 0 unspecified atom stereocenters. The molecule has 1 rings (SSSR count). The van der Waals surface area contributed by atoms with Crippen molar-refractivity contribution in [3.05, 3.63) is 29.8 Å². The van der Waals surface area contributed by atoms with E-state index in [2.05, 4.69) is 62.2 Å². The van der Waals surface area contributed by atoms with Gasteiger partial charge in [-0.1, -0.05) is 32.0 Å². The Morgan fingerprint density at radius 3 is 2.50 bits per heavy atom. The fourth-order valence-corrected chi connectivity index (χ4v) is 1.86. The highest BCUT2D eigenvalue weighted by Crippen LogP contribution is 2.18. The van der Waals surface area contributed by atoms with Crippen molar-refractivity contribution in [3.63, 3.8) is 0 Å². The van der Waals surface area contributed by atoms with Gasteiger partial charge in [0.05, 0.1) is 0 Å². The fourth-order valence-electron chi connectivity index (χ4n) is 1.86. The second kappa shape index (κ2) is 6.54. The lowest BCUT2D eigenvalue weighted by molar-refractivity contribution is 0.583. The van der Waals surface area contributed by atoms with Crippen molar-refractivity contribution >= 4 is 5.69 Å². The number of benzene rings is 1. The minimum Gasteiger partial charge on any atom is -0.370 e. The van der Waals surface area contributed by atoms with Crippen LogP contribution in [0.5, 0.6) is 0 Å². The maximum atomic E-state index is 3.46. The van der Waals surface area contributed by atoms with E-state index in [9.17, 15) is 0 Å². The molecule has 0 aliphatic heterocycles. The maximum Gasteiger partial charge on any atom is 0.0396 e. The summed E-state index contributed by atoms with van der Waals surface area (Å²) in [5.41, 5.74) is 2.71. The number of hydrogen-bond acceptors (Lipinski definition) is 2. The van der Waals surface area contributed by atoms with E-state index in [1.54, 1.807) is 0 Å². The molecule has 0 aliphatic rings. The number of nitrogens with zero attached hydrogens (tertiary/aromatic N) is 1. The van der Waals surface area contributed by atoms with E-state index in [0.717, 1.165) is 19.6 Å². The standard InChI is InChI=1S/C14H24N2/c1-5-16(11-10-15-12(2)3)14-9-7-6-8-13(14)4/h6-9,12,15H,5,10-11H2,1-4H3. The van der Waals surface area contributed by atoms with Gasteiger partial charge >= 0.3 is 0 Å². The summed E-state index contributed by atoms with van der Waals surface area (Å²) in [4.78, 5) is 2.42. The quantitative estimate of drug-likeness (QED) is 0.793. The molecule has 0 spiro atoms. The molecular formula is C14H24N2. The van der Waals surface area contributed by atoms with Gasteiger partial charge in [0.25, 0.3) is 0 Å². The fraction of sp³-hybridized carbons (Fsp3) is 0.571. The van der Waals surface area contributed by atoms with Gasteiger partial charge < -0.3 is 10.2 Å². The second-order valence-electron chi connectivity index (χ2n) is 4.47. The van der Waals surface area contributed by atoms with Gasteiger partial charge in [-0.15, -0.1) is 0 Å². The van der Waals surface area contributed by atoms with Gasteiger partial charge in [0.2, 0.25) is 0 Å². The van der Waals surface area contributed by atoms with Gasteiger partial charge in [0, 0.05) is 31.4 Å². The Hall–Kier alpha value is -1.02. The third-order valence-corrected chi connectivity index (χ3v) is 2.77. The lowest BCUT2D eigenvalue weighted by atomic mass is 10.2. The number of hydrogen-bond donors (Lipinski definition) is 1. The number of anilines is 1. The molecule has 0 bridgehead atoms. The summed E-state index contributed by atoms with van der Waals surface area (Å²) >= 11 is 0. The second-order valence-corrected chi connectivity index (χ2v) is 4.47. The van der Waals surface area contributed by atoms with E-state index in [1.807, 2.05) is 0 Å². The summed E-state index contributed by atoms with van der Waals surface area (Å²) in [7, 11) is 0. The van der Waals surface area contributed by atoms with Crippen LogP contribution in [0, 0.1) is 6.92 Å². The molecule has 0 radical (unpaired) electrons. The monoisotopic (exact) mass is 220 g/mol. The number of likely N-dealkylation sites (N-methyl/N-ethyl adjacent to an activating group) is 1. The molecule has 90 valence electrons. The van der Waals surface area contributed by atoms with Crippen LogP contribution in [-0.4, -0.2) is 25.7 Å². The minimum atomic E-state index is 0.565. The maximum absolute atomic E-state index is 3.46. The topological polar surface area (TPSA) is 15.3 Å². The van der Waals surface area contributed by atoms with Crippen LogP contribution in [0.4, 0.5) is 5.69 Å². The normalized spacial score (nSPS) is 10.8. The lowest BCUT2D eigenvalue weighted by Gasteiger charge is -2.25. The first kappa shape index (κ1) is 13.0. The van der Waals surface area contributed by atoms with E-state index >= 15 is 0 Å². The smallest absolute Gasteiger partial charge is 0.0396 e. The van der Waals surface area contributed by atoms with Crippen molar-refractivity contribution in [3.8, 4) is 0 Å². The molecule has 2 nitrogen and oxygen atoms in total. The van der Waals surface area contributed by atoms with E-state index in [1.165, 1.54) is 11.3 Å². The van der Waals surface area contributed by atoms with Crippen LogP contribution in [-0.2, 0) is 0 Å². The molecule has 1 aromatic carbocycles. The summed E-state index contributed by atoms with van der Waals surface area (Å²) < 4.78 is 0. The molecular weight excluding hydrogens is 196 g/mol. The molecule has 0 aliphatic carbocycles. The van der Waals surface area contributed by atoms with Gasteiger partial charge in [0.1, 0.15) is 0 Å². The molecule has 0 heterocycles. The predicted octanol–water partition coefficient (Wildman–Crippen LogP) is 2.82. The number of aryl methyl sites for hydroxylation is 1.